The number of carbonyl (C=O) groups is 3. The summed E-state index contributed by atoms with van der Waals surface area (Å²) < 4.78 is 57.9. The van der Waals surface area contributed by atoms with E-state index in [4.69, 9.17) is 21.1 Å². The number of anilines is 1. The minimum atomic E-state index is -4.33. The summed E-state index contributed by atoms with van der Waals surface area (Å²) in [6.07, 6.45) is -1.11. The van der Waals surface area contributed by atoms with Crippen LogP contribution in [0.5, 0.6) is 5.75 Å². The number of ether oxygens (including phenoxy) is 3. The summed E-state index contributed by atoms with van der Waals surface area (Å²) in [5, 5.41) is -0.381. The minimum absolute atomic E-state index is 0.0235. The largest absolute Gasteiger partial charge is 0.479 e. The molecule has 0 N–H and O–H groups in total. The number of hydrogen-bond acceptors (Lipinski definition) is 8. The molecule has 1 aliphatic heterocycles. The SMILES string of the molecule is COC(=O)CCCC(=O)[C@H]1CN(S(=O)(=O)c2ccc(F)c(Cl)c2)c2cc(CC(=O)OC(C)(C)C)ccc2O1. The van der Waals surface area contributed by atoms with Crippen molar-refractivity contribution < 1.29 is 41.4 Å². The Morgan fingerprint density at radius 3 is 2.45 bits per heavy atom. The maximum absolute atomic E-state index is 13.7. The van der Waals surface area contributed by atoms with Crippen LogP contribution < -0.4 is 9.04 Å². The van der Waals surface area contributed by atoms with E-state index in [0.29, 0.717) is 5.56 Å². The first-order chi connectivity index (χ1) is 17.7. The summed E-state index contributed by atoms with van der Waals surface area (Å²) in [5.41, 5.74) is -0.139. The number of Topliss-reactive ketones (excluding diaryl/α,β-unsaturated/α-hetero) is 1. The molecule has 0 radical (unpaired) electrons. The molecular formula is C26H29ClFNO8S. The lowest BCUT2D eigenvalue weighted by atomic mass is 10.1. The molecule has 0 amide bonds. The van der Waals surface area contributed by atoms with Crippen LogP contribution in [0.1, 0.15) is 45.6 Å². The summed E-state index contributed by atoms with van der Waals surface area (Å²) >= 11 is 5.84. The van der Waals surface area contributed by atoms with Crippen LogP contribution in [0, 0.1) is 5.82 Å². The molecule has 0 saturated carbocycles. The molecule has 9 nitrogen and oxygen atoms in total. The number of sulfonamides is 1. The second-order valence-electron chi connectivity index (χ2n) is 9.68. The van der Waals surface area contributed by atoms with Gasteiger partial charge in [0.1, 0.15) is 17.2 Å². The number of fused-ring (bicyclic) bond motifs is 1. The van der Waals surface area contributed by atoms with Gasteiger partial charge in [0.2, 0.25) is 0 Å². The van der Waals surface area contributed by atoms with Crippen molar-refractivity contribution in [3.8, 4) is 5.75 Å². The zero-order valence-corrected chi connectivity index (χ0v) is 23.0. The van der Waals surface area contributed by atoms with Crippen molar-refractivity contribution in [1.82, 2.24) is 0 Å². The van der Waals surface area contributed by atoms with E-state index in [1.165, 1.54) is 19.2 Å². The van der Waals surface area contributed by atoms with Gasteiger partial charge in [-0.1, -0.05) is 17.7 Å². The molecule has 1 atom stereocenters. The van der Waals surface area contributed by atoms with Gasteiger partial charge in [0.25, 0.3) is 10.0 Å². The standard InChI is InChI=1S/C26H29ClFNO8S/c1-26(2,3)37-25(32)13-16-8-11-22-20(12-16)29(38(33,34)17-9-10-19(28)18(27)14-17)15-23(36-22)21(30)6-5-7-24(31)35-4/h8-12,14,23H,5-7,13,15H2,1-4H3/t23-/m1/s1. The molecule has 1 heterocycles. The molecule has 1 aliphatic rings. The van der Waals surface area contributed by atoms with E-state index in [1.54, 1.807) is 26.8 Å². The second-order valence-corrected chi connectivity index (χ2v) is 11.9. The fraction of sp³-hybridized carbons (Fsp3) is 0.423. The van der Waals surface area contributed by atoms with Crippen LogP contribution in [0.25, 0.3) is 0 Å². The molecule has 0 fully saturated rings. The zero-order valence-electron chi connectivity index (χ0n) is 21.5. The highest BCUT2D eigenvalue weighted by atomic mass is 35.5. The number of ketones is 1. The van der Waals surface area contributed by atoms with Crippen molar-refractivity contribution in [2.24, 2.45) is 0 Å². The van der Waals surface area contributed by atoms with E-state index in [1.807, 2.05) is 0 Å². The van der Waals surface area contributed by atoms with E-state index in [9.17, 15) is 27.2 Å². The molecular weight excluding hydrogens is 541 g/mol. The summed E-state index contributed by atoms with van der Waals surface area (Å²) in [6.45, 7) is 4.82. The fourth-order valence-corrected chi connectivity index (χ4v) is 5.52. The molecule has 0 spiro atoms. The van der Waals surface area contributed by atoms with Crippen LogP contribution in [0.2, 0.25) is 5.02 Å². The van der Waals surface area contributed by atoms with Gasteiger partial charge in [-0.05, 0) is 63.1 Å². The van der Waals surface area contributed by atoms with Crippen LogP contribution in [-0.4, -0.2) is 51.5 Å². The van der Waals surface area contributed by atoms with Gasteiger partial charge >= 0.3 is 11.9 Å². The number of halogens is 2. The molecule has 0 unspecified atom stereocenters. The number of benzene rings is 2. The van der Waals surface area contributed by atoms with Crippen molar-refractivity contribution in [2.45, 2.75) is 63.1 Å². The normalized spacial score (nSPS) is 15.3. The van der Waals surface area contributed by atoms with Crippen LogP contribution in [-0.2, 0) is 40.3 Å². The Balaban J connectivity index is 1.96. The molecule has 0 aliphatic carbocycles. The maximum atomic E-state index is 13.7. The highest BCUT2D eigenvalue weighted by Crippen LogP contribution is 2.39. The smallest absolute Gasteiger partial charge is 0.310 e. The van der Waals surface area contributed by atoms with Gasteiger partial charge in [-0.2, -0.15) is 0 Å². The molecule has 0 bridgehead atoms. The first-order valence-corrected chi connectivity index (χ1v) is 13.6. The third-order valence-electron chi connectivity index (χ3n) is 5.53. The predicted octanol–water partition coefficient (Wildman–Crippen LogP) is 4.23. The summed E-state index contributed by atoms with van der Waals surface area (Å²) in [7, 11) is -3.09. The zero-order chi connectivity index (χ0) is 28.3. The minimum Gasteiger partial charge on any atom is -0.479 e. The molecule has 2 aromatic carbocycles. The van der Waals surface area contributed by atoms with Gasteiger partial charge in [0, 0.05) is 12.8 Å². The molecule has 0 aromatic heterocycles. The van der Waals surface area contributed by atoms with E-state index in [2.05, 4.69) is 4.74 Å². The Kier molecular flexibility index (Phi) is 9.04. The van der Waals surface area contributed by atoms with Gasteiger partial charge < -0.3 is 14.2 Å². The number of esters is 2. The van der Waals surface area contributed by atoms with Crippen molar-refractivity contribution >= 4 is 45.0 Å². The second kappa shape index (κ2) is 11.7. The highest BCUT2D eigenvalue weighted by Gasteiger charge is 2.38. The molecule has 2 aromatic rings. The maximum Gasteiger partial charge on any atom is 0.310 e. The molecule has 3 rings (SSSR count). The average Bonchev–Trinajstić information content (AvgIpc) is 2.83. The Labute approximate surface area is 225 Å². The first kappa shape index (κ1) is 29.4. The molecule has 12 heteroatoms. The van der Waals surface area contributed by atoms with E-state index >= 15 is 0 Å². The fourth-order valence-electron chi connectivity index (χ4n) is 3.78. The Bertz CT molecular complexity index is 1340. The Hall–Kier alpha value is -3.18. The van der Waals surface area contributed by atoms with Crippen LogP contribution >= 0.6 is 11.6 Å². The Morgan fingerprint density at radius 2 is 1.82 bits per heavy atom. The van der Waals surface area contributed by atoms with Gasteiger partial charge in [0.15, 0.2) is 11.9 Å². The van der Waals surface area contributed by atoms with Crippen molar-refractivity contribution in [2.75, 3.05) is 18.0 Å². The third-order valence-corrected chi connectivity index (χ3v) is 7.60. The summed E-state index contributed by atoms with van der Waals surface area (Å²) in [6, 6.07) is 7.52. The quantitative estimate of drug-likeness (QED) is 0.412. The van der Waals surface area contributed by atoms with Gasteiger partial charge in [-0.3, -0.25) is 18.7 Å². The predicted molar refractivity (Wildman–Crippen MR) is 137 cm³/mol. The molecule has 0 saturated heterocycles. The number of carbonyl (C=O) groups excluding carboxylic acids is 3. The van der Waals surface area contributed by atoms with Crippen LogP contribution in [0.3, 0.4) is 0 Å². The number of hydrogen-bond donors (Lipinski definition) is 0. The number of rotatable bonds is 9. The van der Waals surface area contributed by atoms with Gasteiger partial charge in [-0.25, -0.2) is 12.8 Å². The van der Waals surface area contributed by atoms with Crippen molar-refractivity contribution in [3.63, 3.8) is 0 Å². The Morgan fingerprint density at radius 1 is 1.11 bits per heavy atom. The number of methoxy groups -OCH3 is 1. The van der Waals surface area contributed by atoms with Crippen LogP contribution in [0.15, 0.2) is 41.3 Å². The van der Waals surface area contributed by atoms with E-state index < -0.39 is 45.3 Å². The highest BCUT2D eigenvalue weighted by molar-refractivity contribution is 7.92. The summed E-state index contributed by atoms with van der Waals surface area (Å²) in [4.78, 5) is 36.4. The molecule has 38 heavy (non-hydrogen) atoms. The topological polar surface area (TPSA) is 116 Å². The average molecular weight is 570 g/mol. The first-order valence-electron chi connectivity index (χ1n) is 11.8. The van der Waals surface area contributed by atoms with E-state index in [-0.39, 0.29) is 53.6 Å². The van der Waals surface area contributed by atoms with Crippen molar-refractivity contribution in [1.29, 1.82) is 0 Å². The van der Waals surface area contributed by atoms with Gasteiger partial charge in [-0.15, -0.1) is 0 Å². The lowest BCUT2D eigenvalue weighted by Gasteiger charge is -2.35. The van der Waals surface area contributed by atoms with Gasteiger partial charge in [0.05, 0.1) is 35.7 Å². The third kappa shape index (κ3) is 7.22. The summed E-state index contributed by atoms with van der Waals surface area (Å²) in [5.74, 6) is -2.07. The monoisotopic (exact) mass is 569 g/mol. The lowest BCUT2D eigenvalue weighted by Crippen LogP contribution is -2.47. The van der Waals surface area contributed by atoms with Crippen molar-refractivity contribution in [3.05, 3.63) is 52.8 Å². The van der Waals surface area contributed by atoms with Crippen LogP contribution in [0.4, 0.5) is 10.1 Å². The van der Waals surface area contributed by atoms with E-state index in [0.717, 1.165) is 22.5 Å². The lowest BCUT2D eigenvalue weighted by molar-refractivity contribution is -0.154. The molecule has 206 valence electrons. The number of nitrogens with zero attached hydrogens (tertiary/aromatic N) is 1.